The largest absolute Gasteiger partial charge is 0.490 e. The van der Waals surface area contributed by atoms with E-state index in [0.29, 0.717) is 33.6 Å². The average molecular weight is 442 g/mol. The zero-order valence-corrected chi connectivity index (χ0v) is 18.1. The molecule has 0 saturated heterocycles. The molecule has 30 heavy (non-hydrogen) atoms. The molecule has 0 aliphatic carbocycles. The third kappa shape index (κ3) is 4.48. The maximum absolute atomic E-state index is 12.5. The monoisotopic (exact) mass is 441 g/mol. The highest BCUT2D eigenvalue weighted by Crippen LogP contribution is 2.32. The van der Waals surface area contributed by atoms with Gasteiger partial charge in [0.15, 0.2) is 10.7 Å². The predicted octanol–water partition coefficient (Wildman–Crippen LogP) is 5.25. The van der Waals surface area contributed by atoms with E-state index < -0.39 is 5.63 Å². The molecule has 0 saturated carbocycles. The lowest BCUT2D eigenvalue weighted by Crippen LogP contribution is -2.19. The number of halogens is 1. The van der Waals surface area contributed by atoms with Crippen molar-refractivity contribution in [2.75, 3.05) is 32.6 Å². The number of rotatable bonds is 7. The minimum Gasteiger partial charge on any atom is -0.490 e. The Hall–Kier alpha value is -2.87. The fourth-order valence-corrected chi connectivity index (χ4v) is 3.83. The zero-order chi connectivity index (χ0) is 21.1. The molecule has 4 aromatic rings. The van der Waals surface area contributed by atoms with E-state index in [4.69, 9.17) is 20.8 Å². The molecule has 8 heteroatoms. The Balaban J connectivity index is 1.58. The zero-order valence-electron chi connectivity index (χ0n) is 16.5. The van der Waals surface area contributed by atoms with Crippen LogP contribution >= 0.6 is 22.9 Å². The average Bonchev–Trinajstić information content (AvgIpc) is 3.17. The van der Waals surface area contributed by atoms with Crippen LogP contribution in [-0.4, -0.2) is 37.1 Å². The van der Waals surface area contributed by atoms with Gasteiger partial charge in [-0.3, -0.25) is 0 Å². The van der Waals surface area contributed by atoms with Crippen LogP contribution in [0.15, 0.2) is 63.1 Å². The molecular formula is C22H20ClN3O3S. The highest BCUT2D eigenvalue weighted by atomic mass is 35.5. The Morgan fingerprint density at radius 2 is 2.03 bits per heavy atom. The molecule has 2 aromatic carbocycles. The first-order chi connectivity index (χ1) is 14.5. The van der Waals surface area contributed by atoms with Crippen LogP contribution in [0.25, 0.3) is 22.2 Å². The first-order valence-electron chi connectivity index (χ1n) is 9.33. The van der Waals surface area contributed by atoms with E-state index in [1.807, 2.05) is 55.9 Å². The minimum atomic E-state index is -0.472. The van der Waals surface area contributed by atoms with Gasteiger partial charge in [-0.15, -0.1) is 11.3 Å². The van der Waals surface area contributed by atoms with Gasteiger partial charge < -0.3 is 19.4 Å². The summed E-state index contributed by atoms with van der Waals surface area (Å²) in [6.07, 6.45) is 0. The second kappa shape index (κ2) is 8.87. The number of para-hydroxylation sites is 3. The number of benzene rings is 2. The van der Waals surface area contributed by atoms with Crippen molar-refractivity contribution in [3.05, 3.63) is 69.4 Å². The molecule has 2 aromatic heterocycles. The summed E-state index contributed by atoms with van der Waals surface area (Å²) in [7, 11) is 4.00. The maximum atomic E-state index is 12.5. The summed E-state index contributed by atoms with van der Waals surface area (Å²) < 4.78 is 11.3. The molecular weight excluding hydrogens is 422 g/mol. The Kier molecular flexibility index (Phi) is 6.03. The number of thiazole rings is 1. The summed E-state index contributed by atoms with van der Waals surface area (Å²) in [6.45, 7) is 1.40. The summed E-state index contributed by atoms with van der Waals surface area (Å²) >= 11 is 7.52. The number of likely N-dealkylation sites (N-methyl/N-ethyl adjacent to an activating group) is 1. The van der Waals surface area contributed by atoms with Crippen LogP contribution in [0.3, 0.4) is 0 Å². The quantitative estimate of drug-likeness (QED) is 0.395. The van der Waals surface area contributed by atoms with Crippen LogP contribution in [0, 0.1) is 0 Å². The summed E-state index contributed by atoms with van der Waals surface area (Å²) in [4.78, 5) is 19.1. The lowest BCUT2D eigenvalue weighted by atomic mass is 10.1. The van der Waals surface area contributed by atoms with Gasteiger partial charge >= 0.3 is 5.63 Å². The fraction of sp³-hybridized carbons (Fsp3) is 0.182. The molecule has 0 radical (unpaired) electrons. The summed E-state index contributed by atoms with van der Waals surface area (Å²) in [5, 5.41) is 6.91. The van der Waals surface area contributed by atoms with E-state index in [1.54, 1.807) is 12.1 Å². The molecule has 0 fully saturated rings. The summed E-state index contributed by atoms with van der Waals surface area (Å²) in [6, 6.07) is 14.8. The van der Waals surface area contributed by atoms with E-state index in [-0.39, 0.29) is 0 Å². The molecule has 0 unspecified atom stereocenters. The Morgan fingerprint density at radius 1 is 1.20 bits per heavy atom. The number of nitrogens with one attached hydrogen (secondary N) is 1. The van der Waals surface area contributed by atoms with Gasteiger partial charge in [0.05, 0.1) is 22.0 Å². The van der Waals surface area contributed by atoms with Gasteiger partial charge in [0.1, 0.15) is 12.4 Å². The van der Waals surface area contributed by atoms with Crippen molar-refractivity contribution in [2.45, 2.75) is 0 Å². The number of anilines is 2. The van der Waals surface area contributed by atoms with Crippen LogP contribution in [0.5, 0.6) is 5.75 Å². The van der Waals surface area contributed by atoms with Gasteiger partial charge in [0.2, 0.25) is 0 Å². The molecule has 0 bridgehead atoms. The first kappa shape index (κ1) is 20.4. The highest BCUT2D eigenvalue weighted by molar-refractivity contribution is 7.14. The van der Waals surface area contributed by atoms with Crippen molar-refractivity contribution in [3.8, 4) is 17.0 Å². The number of nitrogens with zero attached hydrogens (tertiary/aromatic N) is 2. The fourth-order valence-electron chi connectivity index (χ4n) is 2.89. The second-order valence-electron chi connectivity index (χ2n) is 6.92. The van der Waals surface area contributed by atoms with Crippen molar-refractivity contribution in [1.82, 2.24) is 9.88 Å². The molecule has 6 nitrogen and oxygen atoms in total. The number of ether oxygens (including phenoxy) is 1. The van der Waals surface area contributed by atoms with Gasteiger partial charge in [-0.1, -0.05) is 35.9 Å². The van der Waals surface area contributed by atoms with E-state index >= 15 is 0 Å². The normalized spacial score (nSPS) is 11.2. The van der Waals surface area contributed by atoms with Crippen LogP contribution in [0.4, 0.5) is 10.8 Å². The third-order valence-corrected chi connectivity index (χ3v) is 5.47. The van der Waals surface area contributed by atoms with Crippen LogP contribution in [0.2, 0.25) is 5.02 Å². The van der Waals surface area contributed by atoms with E-state index in [9.17, 15) is 4.79 Å². The van der Waals surface area contributed by atoms with Gasteiger partial charge in [-0.05, 0) is 38.4 Å². The lowest BCUT2D eigenvalue weighted by molar-refractivity contribution is 0.262. The molecule has 0 atom stereocenters. The molecule has 154 valence electrons. The van der Waals surface area contributed by atoms with Gasteiger partial charge in [-0.25, -0.2) is 9.78 Å². The summed E-state index contributed by atoms with van der Waals surface area (Å²) in [5.74, 6) is 0.746. The predicted molar refractivity (Wildman–Crippen MR) is 122 cm³/mol. The van der Waals surface area contributed by atoms with E-state index in [2.05, 4.69) is 15.2 Å². The van der Waals surface area contributed by atoms with Gasteiger partial charge in [0.25, 0.3) is 0 Å². The van der Waals surface area contributed by atoms with Crippen LogP contribution in [0.1, 0.15) is 0 Å². The number of hydrogen-bond donors (Lipinski definition) is 1. The Bertz CT molecular complexity index is 1240. The lowest BCUT2D eigenvalue weighted by Gasteiger charge is -2.14. The standard InChI is InChI=1S/C22H20ClN3O3S/c1-26(2)10-11-28-19-9-4-3-8-17(19)24-22-25-18(13-30-22)15-12-14-6-5-7-16(23)20(14)29-21(15)27/h3-9,12-13H,10-11H2,1-2H3,(H,24,25). The SMILES string of the molecule is CN(C)CCOc1ccccc1Nc1nc(-c2cc3cccc(Cl)c3oc2=O)cs1. The molecule has 2 heterocycles. The molecule has 0 spiro atoms. The van der Waals surface area contributed by atoms with Crippen LogP contribution in [-0.2, 0) is 0 Å². The Morgan fingerprint density at radius 3 is 2.87 bits per heavy atom. The molecule has 1 N–H and O–H groups in total. The molecule has 0 aliphatic heterocycles. The molecule has 0 aliphatic rings. The van der Waals surface area contributed by atoms with Gasteiger partial charge in [-0.2, -0.15) is 0 Å². The summed E-state index contributed by atoms with van der Waals surface area (Å²) in [5.41, 5.74) is 1.66. The van der Waals surface area contributed by atoms with Crippen molar-refractivity contribution < 1.29 is 9.15 Å². The minimum absolute atomic E-state index is 0.380. The van der Waals surface area contributed by atoms with Crippen molar-refractivity contribution in [2.24, 2.45) is 0 Å². The van der Waals surface area contributed by atoms with E-state index in [1.165, 1.54) is 11.3 Å². The van der Waals surface area contributed by atoms with Crippen molar-refractivity contribution in [3.63, 3.8) is 0 Å². The van der Waals surface area contributed by atoms with Crippen LogP contribution < -0.4 is 15.7 Å². The second-order valence-corrected chi connectivity index (χ2v) is 8.18. The number of aromatic nitrogens is 1. The first-order valence-corrected chi connectivity index (χ1v) is 10.6. The van der Waals surface area contributed by atoms with Crippen molar-refractivity contribution >= 4 is 44.7 Å². The van der Waals surface area contributed by atoms with Crippen molar-refractivity contribution in [1.29, 1.82) is 0 Å². The topological polar surface area (TPSA) is 67.6 Å². The molecule has 4 rings (SSSR count). The maximum Gasteiger partial charge on any atom is 0.345 e. The number of hydrogen-bond acceptors (Lipinski definition) is 7. The molecule has 0 amide bonds. The Labute approximate surface area is 182 Å². The van der Waals surface area contributed by atoms with E-state index in [0.717, 1.165) is 23.4 Å². The third-order valence-electron chi connectivity index (χ3n) is 4.42. The van der Waals surface area contributed by atoms with Gasteiger partial charge in [0, 0.05) is 17.3 Å². The smallest absolute Gasteiger partial charge is 0.345 e. The highest BCUT2D eigenvalue weighted by Gasteiger charge is 2.14. The number of fused-ring (bicyclic) bond motifs is 1.